The number of ether oxygens (including phenoxy) is 2. The first kappa shape index (κ1) is 14.2. The van der Waals surface area contributed by atoms with E-state index in [4.69, 9.17) is 21.1 Å². The Balaban J connectivity index is 1.89. The van der Waals surface area contributed by atoms with Crippen LogP contribution < -0.4 is 14.8 Å². The van der Waals surface area contributed by atoms with Crippen molar-refractivity contribution in [3.8, 4) is 11.5 Å². The highest BCUT2D eigenvalue weighted by atomic mass is 79.9. The van der Waals surface area contributed by atoms with Gasteiger partial charge in [0, 0.05) is 4.47 Å². The van der Waals surface area contributed by atoms with Crippen molar-refractivity contribution in [2.45, 2.75) is 0 Å². The quantitative estimate of drug-likeness (QED) is 0.867. The molecule has 0 spiro atoms. The molecule has 1 N–H and O–H groups in total. The van der Waals surface area contributed by atoms with Crippen LogP contribution in [-0.2, 0) is 0 Å². The number of hydrogen-bond acceptors (Lipinski definition) is 3. The van der Waals surface area contributed by atoms with E-state index < -0.39 is 0 Å². The molecule has 4 nitrogen and oxygen atoms in total. The van der Waals surface area contributed by atoms with Crippen molar-refractivity contribution in [2.75, 3.05) is 18.5 Å². The van der Waals surface area contributed by atoms with Crippen LogP contribution in [0, 0.1) is 0 Å². The van der Waals surface area contributed by atoms with Crippen molar-refractivity contribution in [3.63, 3.8) is 0 Å². The molecule has 0 radical (unpaired) electrons. The van der Waals surface area contributed by atoms with Gasteiger partial charge in [0.1, 0.15) is 13.2 Å². The molecule has 1 amide bonds. The number of anilines is 1. The summed E-state index contributed by atoms with van der Waals surface area (Å²) in [4.78, 5) is 12.4. The predicted molar refractivity (Wildman–Crippen MR) is 84.5 cm³/mol. The first-order chi connectivity index (χ1) is 10.1. The average Bonchev–Trinajstić information content (AvgIpc) is 2.49. The fourth-order valence-electron chi connectivity index (χ4n) is 2.03. The van der Waals surface area contributed by atoms with E-state index in [9.17, 15) is 4.79 Å². The van der Waals surface area contributed by atoms with Gasteiger partial charge in [-0.05, 0) is 30.3 Å². The van der Waals surface area contributed by atoms with E-state index in [1.165, 1.54) is 0 Å². The maximum Gasteiger partial charge on any atom is 0.259 e. The molecule has 1 heterocycles. The van der Waals surface area contributed by atoms with Gasteiger partial charge in [-0.3, -0.25) is 4.79 Å². The summed E-state index contributed by atoms with van der Waals surface area (Å²) in [5.74, 6) is 0.756. The second-order valence-corrected chi connectivity index (χ2v) is 5.73. The number of fused-ring (bicyclic) bond motifs is 1. The number of nitrogens with one attached hydrogen (secondary N) is 1. The zero-order chi connectivity index (χ0) is 14.8. The second kappa shape index (κ2) is 5.95. The van der Waals surface area contributed by atoms with Gasteiger partial charge in [-0.1, -0.05) is 33.6 Å². The molecule has 6 heteroatoms. The number of amides is 1. The Morgan fingerprint density at radius 1 is 1.19 bits per heavy atom. The molecule has 1 aliphatic heterocycles. The van der Waals surface area contributed by atoms with E-state index in [1.807, 2.05) is 6.07 Å². The molecule has 0 saturated carbocycles. The van der Waals surface area contributed by atoms with Crippen molar-refractivity contribution in [2.24, 2.45) is 0 Å². The summed E-state index contributed by atoms with van der Waals surface area (Å²) in [5, 5.41) is 3.23. The maximum atomic E-state index is 12.4. The zero-order valence-corrected chi connectivity index (χ0v) is 13.2. The number of carbonyl (C=O) groups excluding carboxylic acids is 1. The van der Waals surface area contributed by atoms with Crippen LogP contribution in [0.4, 0.5) is 5.69 Å². The van der Waals surface area contributed by atoms with Gasteiger partial charge >= 0.3 is 0 Å². The molecule has 0 unspecified atom stereocenters. The molecule has 108 valence electrons. The minimum absolute atomic E-state index is 0.290. The van der Waals surface area contributed by atoms with Gasteiger partial charge in [-0.25, -0.2) is 0 Å². The molecule has 2 aromatic carbocycles. The maximum absolute atomic E-state index is 12.4. The highest BCUT2D eigenvalue weighted by Gasteiger charge is 2.20. The zero-order valence-electron chi connectivity index (χ0n) is 10.9. The Hall–Kier alpha value is -1.72. The molecule has 21 heavy (non-hydrogen) atoms. The lowest BCUT2D eigenvalue weighted by atomic mass is 10.1. The number of halogens is 2. The number of para-hydroxylation sites is 1. The lowest BCUT2D eigenvalue weighted by Gasteiger charge is -2.20. The van der Waals surface area contributed by atoms with Gasteiger partial charge in [-0.15, -0.1) is 0 Å². The van der Waals surface area contributed by atoms with Crippen molar-refractivity contribution >= 4 is 39.1 Å². The Morgan fingerprint density at radius 3 is 2.81 bits per heavy atom. The summed E-state index contributed by atoms with van der Waals surface area (Å²) in [5.41, 5.74) is 0.963. The largest absolute Gasteiger partial charge is 0.486 e. The van der Waals surface area contributed by atoms with Crippen LogP contribution in [0.25, 0.3) is 0 Å². The van der Waals surface area contributed by atoms with Crippen LogP contribution in [0.2, 0.25) is 5.02 Å². The van der Waals surface area contributed by atoms with Gasteiger partial charge in [0.2, 0.25) is 0 Å². The van der Waals surface area contributed by atoms with Crippen molar-refractivity contribution in [3.05, 3.63) is 51.5 Å². The fourth-order valence-corrected chi connectivity index (χ4v) is 2.75. The monoisotopic (exact) mass is 367 g/mol. The van der Waals surface area contributed by atoms with E-state index in [-0.39, 0.29) is 5.91 Å². The Bertz CT molecular complexity index is 705. The summed E-state index contributed by atoms with van der Waals surface area (Å²) in [6, 6.07) is 10.5. The number of benzene rings is 2. The number of carbonyl (C=O) groups is 1. The summed E-state index contributed by atoms with van der Waals surface area (Å²) >= 11 is 9.43. The van der Waals surface area contributed by atoms with Crippen LogP contribution in [-0.4, -0.2) is 19.1 Å². The minimum atomic E-state index is -0.290. The molecule has 0 saturated heterocycles. The van der Waals surface area contributed by atoms with Crippen LogP contribution in [0.5, 0.6) is 11.5 Å². The molecule has 0 aliphatic carbocycles. The van der Waals surface area contributed by atoms with E-state index in [0.29, 0.717) is 41.0 Å². The fraction of sp³-hybridized carbons (Fsp3) is 0.133. The molecule has 2 aromatic rings. The summed E-state index contributed by atoms with van der Waals surface area (Å²) in [6.45, 7) is 0.910. The van der Waals surface area contributed by atoms with Crippen LogP contribution in [0.1, 0.15) is 10.4 Å². The molecule has 0 fully saturated rings. The average molecular weight is 369 g/mol. The van der Waals surface area contributed by atoms with Crippen molar-refractivity contribution in [1.82, 2.24) is 0 Å². The van der Waals surface area contributed by atoms with Crippen LogP contribution in [0.15, 0.2) is 40.9 Å². The Morgan fingerprint density at radius 2 is 2.00 bits per heavy atom. The molecular formula is C15H11BrClNO3. The molecular weight excluding hydrogens is 358 g/mol. The van der Waals surface area contributed by atoms with Crippen LogP contribution >= 0.6 is 27.5 Å². The molecule has 3 rings (SSSR count). The van der Waals surface area contributed by atoms with E-state index in [1.54, 1.807) is 30.3 Å². The SMILES string of the molecule is O=C(Nc1ccc(Br)cc1Cl)c1cccc2c1OCCO2. The topological polar surface area (TPSA) is 47.6 Å². The predicted octanol–water partition coefficient (Wildman–Crippen LogP) is 4.13. The lowest BCUT2D eigenvalue weighted by Crippen LogP contribution is -2.20. The number of rotatable bonds is 2. The molecule has 0 bridgehead atoms. The second-order valence-electron chi connectivity index (χ2n) is 4.41. The summed E-state index contributed by atoms with van der Waals surface area (Å²) in [7, 11) is 0. The van der Waals surface area contributed by atoms with E-state index in [2.05, 4.69) is 21.2 Å². The minimum Gasteiger partial charge on any atom is -0.486 e. The number of hydrogen-bond donors (Lipinski definition) is 1. The van der Waals surface area contributed by atoms with Crippen LogP contribution in [0.3, 0.4) is 0 Å². The highest BCUT2D eigenvalue weighted by molar-refractivity contribution is 9.10. The normalized spacial score (nSPS) is 12.9. The Kier molecular flexibility index (Phi) is 4.03. The van der Waals surface area contributed by atoms with E-state index in [0.717, 1.165) is 4.47 Å². The summed E-state index contributed by atoms with van der Waals surface area (Å²) < 4.78 is 11.8. The van der Waals surface area contributed by atoms with Gasteiger partial charge in [0.25, 0.3) is 5.91 Å². The standard InChI is InChI=1S/C15H11BrClNO3/c16-9-4-5-12(11(17)8-9)18-15(19)10-2-1-3-13-14(10)21-7-6-20-13/h1-5,8H,6-7H2,(H,18,19). The lowest BCUT2D eigenvalue weighted by molar-refractivity contribution is 0.101. The summed E-state index contributed by atoms with van der Waals surface area (Å²) in [6.07, 6.45) is 0. The smallest absolute Gasteiger partial charge is 0.259 e. The van der Waals surface area contributed by atoms with Crippen molar-refractivity contribution < 1.29 is 14.3 Å². The highest BCUT2D eigenvalue weighted by Crippen LogP contribution is 2.34. The van der Waals surface area contributed by atoms with Crippen molar-refractivity contribution in [1.29, 1.82) is 0 Å². The molecule has 0 aromatic heterocycles. The third-order valence-electron chi connectivity index (χ3n) is 2.99. The third-order valence-corrected chi connectivity index (χ3v) is 3.80. The van der Waals surface area contributed by atoms with Gasteiger partial charge < -0.3 is 14.8 Å². The molecule has 1 aliphatic rings. The molecule has 0 atom stereocenters. The third kappa shape index (κ3) is 2.99. The Labute approximate surface area is 135 Å². The van der Waals surface area contributed by atoms with Gasteiger partial charge in [0.05, 0.1) is 16.3 Å². The van der Waals surface area contributed by atoms with Gasteiger partial charge in [-0.2, -0.15) is 0 Å². The first-order valence-corrected chi connectivity index (χ1v) is 7.47. The first-order valence-electron chi connectivity index (χ1n) is 6.30. The van der Waals surface area contributed by atoms with Gasteiger partial charge in [0.15, 0.2) is 11.5 Å². The van der Waals surface area contributed by atoms with E-state index >= 15 is 0 Å².